The molecule has 0 bridgehead atoms. The number of carbonyl (C=O) groups excluding carboxylic acids is 2. The van der Waals surface area contributed by atoms with E-state index in [9.17, 15) is 31.2 Å². The van der Waals surface area contributed by atoms with Crippen LogP contribution in [0.3, 0.4) is 0 Å². The van der Waals surface area contributed by atoms with Gasteiger partial charge in [-0.15, -0.1) is 0 Å². The van der Waals surface area contributed by atoms with Gasteiger partial charge in [0, 0.05) is 13.1 Å². The number of hydrogen-bond donors (Lipinski definition) is 4. The number of benzene rings is 2. The van der Waals surface area contributed by atoms with Crippen molar-refractivity contribution in [1.82, 2.24) is 10.0 Å². The Bertz CT molecular complexity index is 1160. The van der Waals surface area contributed by atoms with Crippen LogP contribution in [-0.2, 0) is 20.9 Å². The van der Waals surface area contributed by atoms with Gasteiger partial charge in [0.05, 0.1) is 21.8 Å². The number of sulfonamides is 1. The van der Waals surface area contributed by atoms with Crippen LogP contribution in [0, 0.1) is 6.92 Å². The Hall–Kier alpha value is -3.48. The maximum Gasteiger partial charge on any atom is 0.416 e. The minimum absolute atomic E-state index is 0.0589. The van der Waals surface area contributed by atoms with Gasteiger partial charge in [0.2, 0.25) is 0 Å². The normalized spacial score (nSPS) is 12.0. The van der Waals surface area contributed by atoms with Crippen molar-refractivity contribution in [2.75, 3.05) is 23.7 Å². The van der Waals surface area contributed by atoms with E-state index in [1.807, 2.05) is 0 Å². The summed E-state index contributed by atoms with van der Waals surface area (Å²) in [6.07, 6.45) is -5.37. The number of aryl methyl sites for hydroxylation is 1. The van der Waals surface area contributed by atoms with Crippen molar-refractivity contribution in [3.8, 4) is 0 Å². The minimum Gasteiger partial charge on any atom is -0.444 e. The highest BCUT2D eigenvalue weighted by Crippen LogP contribution is 2.34. The van der Waals surface area contributed by atoms with Crippen LogP contribution >= 0.6 is 0 Å². The molecule has 0 saturated heterocycles. The second-order valence-corrected chi connectivity index (χ2v) is 10.2. The Balaban J connectivity index is 2.12. The molecule has 0 aliphatic heterocycles. The number of amides is 3. The molecule has 2 aromatic rings. The summed E-state index contributed by atoms with van der Waals surface area (Å²) in [5.41, 5.74) is -1.18. The fourth-order valence-electron chi connectivity index (χ4n) is 2.70. The molecule has 0 aliphatic carbocycles. The van der Waals surface area contributed by atoms with Gasteiger partial charge in [-0.3, -0.25) is 0 Å². The zero-order valence-corrected chi connectivity index (χ0v) is 20.4. The lowest BCUT2D eigenvalue weighted by Crippen LogP contribution is -2.35. The smallest absolute Gasteiger partial charge is 0.416 e. The molecule has 9 nitrogen and oxygen atoms in total. The molecule has 2 aromatic carbocycles. The third-order valence-corrected chi connectivity index (χ3v) is 5.61. The van der Waals surface area contributed by atoms with Crippen LogP contribution in [0.4, 0.5) is 34.1 Å². The highest BCUT2D eigenvalue weighted by molar-refractivity contribution is 7.90. The molecule has 35 heavy (non-hydrogen) atoms. The van der Waals surface area contributed by atoms with Gasteiger partial charge in [0.25, 0.3) is 10.0 Å². The Morgan fingerprint density at radius 1 is 0.943 bits per heavy atom. The molecular weight excluding hydrogens is 489 g/mol. The molecule has 0 radical (unpaired) electrons. The average Bonchev–Trinajstić information content (AvgIpc) is 2.69. The molecule has 4 N–H and O–H groups in total. The van der Waals surface area contributed by atoms with Crippen LogP contribution in [0.5, 0.6) is 0 Å². The van der Waals surface area contributed by atoms with Crippen LogP contribution in [0.1, 0.15) is 31.9 Å². The second-order valence-electron chi connectivity index (χ2n) is 8.49. The lowest BCUT2D eigenvalue weighted by molar-refractivity contribution is -0.137. The molecule has 13 heteroatoms. The van der Waals surface area contributed by atoms with Crippen LogP contribution in [0.15, 0.2) is 47.4 Å². The molecule has 2 rings (SSSR count). The first-order valence-corrected chi connectivity index (χ1v) is 11.9. The monoisotopic (exact) mass is 516 g/mol. The van der Waals surface area contributed by atoms with Crippen molar-refractivity contribution in [3.05, 3.63) is 53.6 Å². The molecule has 0 aliphatic rings. The van der Waals surface area contributed by atoms with E-state index < -0.39 is 39.5 Å². The van der Waals surface area contributed by atoms with Crippen LogP contribution < -0.4 is 20.7 Å². The van der Waals surface area contributed by atoms with Gasteiger partial charge in [-0.25, -0.2) is 22.7 Å². The molecule has 0 heterocycles. The van der Waals surface area contributed by atoms with Crippen molar-refractivity contribution < 1.29 is 35.9 Å². The van der Waals surface area contributed by atoms with E-state index in [1.54, 1.807) is 32.4 Å². The Morgan fingerprint density at radius 2 is 1.57 bits per heavy atom. The highest BCUT2D eigenvalue weighted by Gasteiger charge is 2.31. The topological polar surface area (TPSA) is 126 Å². The Morgan fingerprint density at radius 3 is 2.14 bits per heavy atom. The van der Waals surface area contributed by atoms with E-state index in [1.165, 1.54) is 24.3 Å². The van der Waals surface area contributed by atoms with E-state index >= 15 is 0 Å². The van der Waals surface area contributed by atoms with E-state index in [0.29, 0.717) is 6.07 Å². The fourth-order valence-corrected chi connectivity index (χ4v) is 3.61. The van der Waals surface area contributed by atoms with E-state index in [4.69, 9.17) is 4.74 Å². The lowest BCUT2D eigenvalue weighted by Gasteiger charge is -2.20. The number of nitrogens with one attached hydrogen (secondary N) is 4. The van der Waals surface area contributed by atoms with E-state index in [2.05, 4.69) is 16.0 Å². The van der Waals surface area contributed by atoms with E-state index in [-0.39, 0.29) is 29.4 Å². The van der Waals surface area contributed by atoms with Gasteiger partial charge in [-0.05, 0) is 58.0 Å². The summed E-state index contributed by atoms with van der Waals surface area (Å²) < 4.78 is 71.2. The largest absolute Gasteiger partial charge is 0.444 e. The first kappa shape index (κ1) is 27.8. The van der Waals surface area contributed by atoms with Crippen molar-refractivity contribution in [1.29, 1.82) is 0 Å². The number of urea groups is 1. The molecule has 0 saturated carbocycles. The molecule has 0 unspecified atom stereocenters. The summed E-state index contributed by atoms with van der Waals surface area (Å²) in [5, 5.41) is 7.40. The number of hydrogen-bond acceptors (Lipinski definition) is 6. The summed E-state index contributed by atoms with van der Waals surface area (Å²) in [5.74, 6) is 0. The van der Waals surface area contributed by atoms with Gasteiger partial charge in [0.1, 0.15) is 5.60 Å². The Kier molecular flexibility index (Phi) is 8.60. The first-order chi connectivity index (χ1) is 16.1. The number of ether oxygens (including phenoxy) is 1. The molecule has 3 amide bonds. The third kappa shape index (κ3) is 9.00. The number of anilines is 2. The lowest BCUT2D eigenvalue weighted by atomic mass is 10.1. The summed E-state index contributed by atoms with van der Waals surface area (Å²) in [6.45, 7) is 6.95. The molecule has 0 fully saturated rings. The predicted octanol–water partition coefficient (Wildman–Crippen LogP) is 4.46. The number of halogens is 3. The Labute approximate surface area is 201 Å². The number of rotatable bonds is 7. The van der Waals surface area contributed by atoms with Gasteiger partial charge < -0.3 is 20.7 Å². The van der Waals surface area contributed by atoms with Crippen molar-refractivity contribution in [2.45, 2.75) is 44.4 Å². The van der Waals surface area contributed by atoms with Crippen molar-refractivity contribution >= 4 is 33.5 Å². The first-order valence-electron chi connectivity index (χ1n) is 10.4. The molecule has 0 atom stereocenters. The molecular formula is C22H27F3N4O5S. The van der Waals surface area contributed by atoms with Crippen molar-refractivity contribution in [2.24, 2.45) is 0 Å². The van der Waals surface area contributed by atoms with Crippen LogP contribution in [0.25, 0.3) is 0 Å². The zero-order valence-electron chi connectivity index (χ0n) is 19.5. The molecule has 0 spiro atoms. The van der Waals surface area contributed by atoms with Crippen LogP contribution in [-0.4, -0.2) is 39.2 Å². The average molecular weight is 517 g/mol. The van der Waals surface area contributed by atoms with Gasteiger partial charge in [-0.1, -0.05) is 17.7 Å². The fraction of sp³-hybridized carbons (Fsp3) is 0.364. The summed E-state index contributed by atoms with van der Waals surface area (Å²) >= 11 is 0. The second kappa shape index (κ2) is 10.8. The SMILES string of the molecule is Cc1ccc(S(=O)(=O)NC(=O)Nc2cc(C(F)(F)F)ccc2NCCNC(=O)OC(C)(C)C)cc1. The number of carbonyl (C=O) groups is 2. The summed E-state index contributed by atoms with van der Waals surface area (Å²) in [6, 6.07) is 6.96. The zero-order chi connectivity index (χ0) is 26.4. The minimum atomic E-state index is -4.70. The summed E-state index contributed by atoms with van der Waals surface area (Å²) in [7, 11) is -4.26. The van der Waals surface area contributed by atoms with E-state index in [0.717, 1.165) is 17.7 Å². The van der Waals surface area contributed by atoms with Crippen molar-refractivity contribution in [3.63, 3.8) is 0 Å². The summed E-state index contributed by atoms with van der Waals surface area (Å²) in [4.78, 5) is 23.9. The van der Waals surface area contributed by atoms with Gasteiger partial charge in [0.15, 0.2) is 0 Å². The maximum absolute atomic E-state index is 13.2. The van der Waals surface area contributed by atoms with Gasteiger partial charge >= 0.3 is 18.3 Å². The van der Waals surface area contributed by atoms with Gasteiger partial charge in [-0.2, -0.15) is 13.2 Å². The quantitative estimate of drug-likeness (QED) is 0.403. The number of alkyl halides is 3. The molecule has 0 aromatic heterocycles. The highest BCUT2D eigenvalue weighted by atomic mass is 32.2. The maximum atomic E-state index is 13.2. The standard InChI is InChI=1S/C22H27F3N4O5S/c1-14-5-8-16(9-6-14)35(32,33)29-19(30)28-18-13-15(22(23,24)25)7-10-17(18)26-11-12-27-20(31)34-21(2,3)4/h5-10,13,26H,11-12H2,1-4H3,(H,27,31)(H2,28,29,30). The number of alkyl carbamates (subject to hydrolysis) is 1. The van der Waals surface area contributed by atoms with Crippen LogP contribution in [0.2, 0.25) is 0 Å². The molecule has 192 valence electrons. The third-order valence-electron chi connectivity index (χ3n) is 4.26. The predicted molar refractivity (Wildman–Crippen MR) is 125 cm³/mol.